The second-order valence-electron chi connectivity index (χ2n) is 5.46. The molecule has 1 unspecified atom stereocenters. The zero-order chi connectivity index (χ0) is 14.5. The number of carbonyl (C=O) groups excluding carboxylic acids is 1. The van der Waals surface area contributed by atoms with E-state index in [0.29, 0.717) is 23.8 Å². The third-order valence-electron chi connectivity index (χ3n) is 3.72. The van der Waals surface area contributed by atoms with Crippen LogP contribution in [0.5, 0.6) is 0 Å². The minimum Gasteiger partial charge on any atom is -0.397 e. The Balaban J connectivity index is 1.85. The maximum Gasteiger partial charge on any atom is 0.238 e. The summed E-state index contributed by atoms with van der Waals surface area (Å²) in [4.78, 5) is 14.1. The Morgan fingerprint density at radius 3 is 3.10 bits per heavy atom. The van der Waals surface area contributed by atoms with Crippen LogP contribution < -0.4 is 11.1 Å². The predicted molar refractivity (Wildman–Crippen MR) is 78.9 cm³/mol. The van der Waals surface area contributed by atoms with Gasteiger partial charge in [-0.25, -0.2) is 4.39 Å². The monoisotopic (exact) mass is 279 g/mol. The summed E-state index contributed by atoms with van der Waals surface area (Å²) in [5.74, 6) is 0.158. The van der Waals surface area contributed by atoms with Gasteiger partial charge in [-0.3, -0.25) is 9.69 Å². The molecule has 4 nitrogen and oxygen atoms in total. The molecule has 0 spiro atoms. The molecule has 1 saturated heterocycles. The van der Waals surface area contributed by atoms with E-state index >= 15 is 0 Å². The Hall–Kier alpha value is -1.62. The fourth-order valence-corrected chi connectivity index (χ4v) is 2.73. The van der Waals surface area contributed by atoms with Crippen LogP contribution in [0.2, 0.25) is 0 Å². The SMILES string of the molecule is CCCC1CCN(CC(=O)Nc2cc(F)ccc2N)C1. The molecule has 2 rings (SSSR count). The van der Waals surface area contributed by atoms with Gasteiger partial charge in [-0.05, 0) is 43.5 Å². The number of hydrogen-bond acceptors (Lipinski definition) is 3. The Labute approximate surface area is 119 Å². The number of carbonyl (C=O) groups is 1. The molecule has 1 heterocycles. The van der Waals surface area contributed by atoms with Gasteiger partial charge in [-0.1, -0.05) is 13.3 Å². The van der Waals surface area contributed by atoms with Gasteiger partial charge in [0.15, 0.2) is 0 Å². The highest BCUT2D eigenvalue weighted by Crippen LogP contribution is 2.22. The molecule has 1 aromatic rings. The van der Waals surface area contributed by atoms with Gasteiger partial charge in [-0.2, -0.15) is 0 Å². The first-order valence-electron chi connectivity index (χ1n) is 7.15. The van der Waals surface area contributed by atoms with Gasteiger partial charge in [0.05, 0.1) is 17.9 Å². The average molecular weight is 279 g/mol. The fourth-order valence-electron chi connectivity index (χ4n) is 2.73. The van der Waals surface area contributed by atoms with Gasteiger partial charge < -0.3 is 11.1 Å². The lowest BCUT2D eigenvalue weighted by atomic mass is 10.0. The number of rotatable bonds is 5. The molecule has 0 aromatic heterocycles. The highest BCUT2D eigenvalue weighted by molar-refractivity contribution is 5.95. The zero-order valence-corrected chi connectivity index (χ0v) is 11.9. The molecule has 20 heavy (non-hydrogen) atoms. The van der Waals surface area contributed by atoms with Gasteiger partial charge in [-0.15, -0.1) is 0 Å². The van der Waals surface area contributed by atoms with Crippen LogP contribution in [0, 0.1) is 11.7 Å². The van der Waals surface area contributed by atoms with E-state index in [9.17, 15) is 9.18 Å². The van der Waals surface area contributed by atoms with Crippen molar-refractivity contribution in [3.8, 4) is 0 Å². The van der Waals surface area contributed by atoms with Crippen LogP contribution in [0.1, 0.15) is 26.2 Å². The van der Waals surface area contributed by atoms with Crippen molar-refractivity contribution in [2.24, 2.45) is 5.92 Å². The summed E-state index contributed by atoms with van der Waals surface area (Å²) in [5, 5.41) is 2.68. The summed E-state index contributed by atoms with van der Waals surface area (Å²) in [5.41, 5.74) is 6.44. The highest BCUT2D eigenvalue weighted by atomic mass is 19.1. The van der Waals surface area contributed by atoms with Crippen molar-refractivity contribution in [1.29, 1.82) is 0 Å². The van der Waals surface area contributed by atoms with Crippen molar-refractivity contribution in [3.05, 3.63) is 24.0 Å². The van der Waals surface area contributed by atoms with E-state index in [1.54, 1.807) is 0 Å². The van der Waals surface area contributed by atoms with E-state index in [1.807, 2.05) is 0 Å². The predicted octanol–water partition coefficient (Wildman–Crippen LogP) is 2.47. The van der Waals surface area contributed by atoms with Crippen molar-refractivity contribution in [3.63, 3.8) is 0 Å². The molecule has 1 fully saturated rings. The van der Waals surface area contributed by atoms with Crippen molar-refractivity contribution >= 4 is 17.3 Å². The third-order valence-corrected chi connectivity index (χ3v) is 3.72. The number of benzene rings is 1. The minimum atomic E-state index is -0.404. The molecule has 0 bridgehead atoms. The average Bonchev–Trinajstić information content (AvgIpc) is 2.81. The van der Waals surface area contributed by atoms with Gasteiger partial charge in [0.1, 0.15) is 5.82 Å². The van der Waals surface area contributed by atoms with E-state index < -0.39 is 5.82 Å². The van der Waals surface area contributed by atoms with Crippen LogP contribution in [0.15, 0.2) is 18.2 Å². The lowest BCUT2D eigenvalue weighted by molar-refractivity contribution is -0.117. The molecule has 1 aromatic carbocycles. The third kappa shape index (κ3) is 3.93. The normalized spacial score (nSPS) is 19.2. The number of nitrogen functional groups attached to an aromatic ring is 1. The fraction of sp³-hybridized carbons (Fsp3) is 0.533. The minimum absolute atomic E-state index is 0.139. The molecule has 1 aliphatic heterocycles. The highest BCUT2D eigenvalue weighted by Gasteiger charge is 2.23. The van der Waals surface area contributed by atoms with E-state index in [4.69, 9.17) is 5.73 Å². The lowest BCUT2D eigenvalue weighted by Crippen LogP contribution is -2.31. The number of hydrogen-bond donors (Lipinski definition) is 2. The smallest absolute Gasteiger partial charge is 0.238 e. The van der Waals surface area contributed by atoms with E-state index in [2.05, 4.69) is 17.1 Å². The first-order chi connectivity index (χ1) is 9.58. The number of nitrogens with one attached hydrogen (secondary N) is 1. The van der Waals surface area contributed by atoms with E-state index in [0.717, 1.165) is 19.5 Å². The number of anilines is 2. The second kappa shape index (κ2) is 6.70. The van der Waals surface area contributed by atoms with Crippen LogP contribution in [0.25, 0.3) is 0 Å². The molecule has 1 amide bonds. The standard InChI is InChI=1S/C15H22FN3O/c1-2-3-11-6-7-19(9-11)10-15(20)18-14-8-12(16)4-5-13(14)17/h4-5,8,11H,2-3,6-7,9-10,17H2,1H3,(H,18,20). The molecule has 5 heteroatoms. The topological polar surface area (TPSA) is 58.4 Å². The van der Waals surface area contributed by atoms with Crippen LogP contribution in [-0.2, 0) is 4.79 Å². The summed E-state index contributed by atoms with van der Waals surface area (Å²) in [7, 11) is 0. The Bertz CT molecular complexity index is 478. The van der Waals surface area contributed by atoms with Crippen molar-refractivity contribution in [2.75, 3.05) is 30.7 Å². The number of likely N-dealkylation sites (tertiary alicyclic amines) is 1. The van der Waals surface area contributed by atoms with Crippen LogP contribution >= 0.6 is 0 Å². The molecule has 110 valence electrons. The molecule has 3 N–H and O–H groups in total. The molecule has 0 saturated carbocycles. The maximum atomic E-state index is 13.1. The summed E-state index contributed by atoms with van der Waals surface area (Å²) >= 11 is 0. The number of halogens is 1. The Morgan fingerprint density at radius 2 is 2.35 bits per heavy atom. The van der Waals surface area contributed by atoms with E-state index in [1.165, 1.54) is 31.0 Å². The number of amides is 1. The quantitative estimate of drug-likeness (QED) is 0.814. The van der Waals surface area contributed by atoms with Gasteiger partial charge in [0.25, 0.3) is 0 Å². The van der Waals surface area contributed by atoms with Crippen molar-refractivity contribution in [1.82, 2.24) is 4.90 Å². The summed E-state index contributed by atoms with van der Waals surface area (Å²) in [6, 6.07) is 3.98. The lowest BCUT2D eigenvalue weighted by Gasteiger charge is -2.16. The first kappa shape index (κ1) is 14.8. The summed E-state index contributed by atoms with van der Waals surface area (Å²) < 4.78 is 13.1. The van der Waals surface area contributed by atoms with Crippen LogP contribution in [0.3, 0.4) is 0 Å². The second-order valence-corrected chi connectivity index (χ2v) is 5.46. The van der Waals surface area contributed by atoms with E-state index in [-0.39, 0.29) is 5.91 Å². The number of nitrogens with two attached hydrogens (primary N) is 1. The van der Waals surface area contributed by atoms with Gasteiger partial charge >= 0.3 is 0 Å². The maximum absolute atomic E-state index is 13.1. The summed E-state index contributed by atoms with van der Waals surface area (Å²) in [6.07, 6.45) is 3.56. The van der Waals surface area contributed by atoms with Gasteiger partial charge in [0, 0.05) is 6.54 Å². The van der Waals surface area contributed by atoms with Crippen molar-refractivity contribution in [2.45, 2.75) is 26.2 Å². The molecular weight excluding hydrogens is 257 g/mol. The van der Waals surface area contributed by atoms with Crippen LogP contribution in [-0.4, -0.2) is 30.4 Å². The van der Waals surface area contributed by atoms with Crippen molar-refractivity contribution < 1.29 is 9.18 Å². The molecular formula is C15H22FN3O. The summed E-state index contributed by atoms with van der Waals surface area (Å²) in [6.45, 7) is 4.45. The molecule has 1 atom stereocenters. The Morgan fingerprint density at radius 1 is 1.55 bits per heavy atom. The van der Waals surface area contributed by atoms with Gasteiger partial charge in [0.2, 0.25) is 5.91 Å². The Kier molecular flexibility index (Phi) is 4.95. The largest absolute Gasteiger partial charge is 0.397 e. The molecule has 0 aliphatic carbocycles. The molecule has 0 radical (unpaired) electrons. The van der Waals surface area contributed by atoms with Crippen LogP contribution in [0.4, 0.5) is 15.8 Å². The molecule has 1 aliphatic rings. The zero-order valence-electron chi connectivity index (χ0n) is 11.9. The number of nitrogens with zero attached hydrogens (tertiary/aromatic N) is 1. The first-order valence-corrected chi connectivity index (χ1v) is 7.15.